The smallest absolute Gasteiger partial charge is 0.220 e. The molecule has 1 amide bonds. The van der Waals surface area contributed by atoms with E-state index < -0.39 is 0 Å². The molecule has 2 aliphatic heterocycles. The fourth-order valence-electron chi connectivity index (χ4n) is 2.89. The predicted octanol–water partition coefficient (Wildman–Crippen LogP) is 1.27. The summed E-state index contributed by atoms with van der Waals surface area (Å²) >= 11 is 0. The number of hydrogen-bond acceptors (Lipinski definition) is 4. The molecule has 25 heavy (non-hydrogen) atoms. The van der Waals surface area contributed by atoms with Crippen molar-refractivity contribution >= 4 is 35.8 Å². The van der Waals surface area contributed by atoms with E-state index in [4.69, 9.17) is 9.47 Å². The molecule has 0 aromatic rings. The number of carbonyl (C=O) groups is 1. The zero-order valence-electron chi connectivity index (χ0n) is 15.2. The molecule has 0 bridgehead atoms. The van der Waals surface area contributed by atoms with Gasteiger partial charge in [0.15, 0.2) is 5.96 Å². The minimum Gasteiger partial charge on any atom is -0.381 e. The molecular formula is C17H33IN4O3. The highest BCUT2D eigenvalue weighted by molar-refractivity contribution is 14.0. The predicted molar refractivity (Wildman–Crippen MR) is 110 cm³/mol. The molecule has 2 fully saturated rings. The third-order valence-corrected chi connectivity index (χ3v) is 4.36. The molecule has 2 saturated heterocycles. The summed E-state index contributed by atoms with van der Waals surface area (Å²) in [5.41, 5.74) is 0. The third kappa shape index (κ3) is 9.60. The van der Waals surface area contributed by atoms with Crippen LogP contribution in [0.5, 0.6) is 0 Å². The average Bonchev–Trinajstić information content (AvgIpc) is 2.61. The van der Waals surface area contributed by atoms with E-state index in [2.05, 4.69) is 27.9 Å². The van der Waals surface area contributed by atoms with Gasteiger partial charge in [-0.1, -0.05) is 0 Å². The molecule has 0 radical (unpaired) electrons. The molecule has 146 valence electrons. The van der Waals surface area contributed by atoms with Gasteiger partial charge in [0.05, 0.1) is 0 Å². The molecule has 0 aliphatic carbocycles. The van der Waals surface area contributed by atoms with Crippen molar-refractivity contribution in [2.45, 2.75) is 45.1 Å². The van der Waals surface area contributed by atoms with Crippen LogP contribution in [0.3, 0.4) is 0 Å². The van der Waals surface area contributed by atoms with Crippen molar-refractivity contribution in [1.82, 2.24) is 16.0 Å². The van der Waals surface area contributed by atoms with Gasteiger partial charge in [0.2, 0.25) is 5.91 Å². The van der Waals surface area contributed by atoms with Gasteiger partial charge < -0.3 is 25.4 Å². The Kier molecular flexibility index (Phi) is 12.2. The number of ether oxygens (including phenoxy) is 2. The van der Waals surface area contributed by atoms with Crippen LogP contribution in [0.4, 0.5) is 0 Å². The van der Waals surface area contributed by atoms with E-state index in [1.54, 1.807) is 0 Å². The van der Waals surface area contributed by atoms with Crippen LogP contribution >= 0.6 is 24.0 Å². The lowest BCUT2D eigenvalue weighted by atomic mass is 10.0. The Labute approximate surface area is 168 Å². The van der Waals surface area contributed by atoms with Gasteiger partial charge in [-0.25, -0.2) is 0 Å². The van der Waals surface area contributed by atoms with Crippen LogP contribution in [0.2, 0.25) is 0 Å². The zero-order chi connectivity index (χ0) is 17.0. The van der Waals surface area contributed by atoms with E-state index in [1.165, 1.54) is 0 Å². The number of amides is 1. The molecule has 1 atom stereocenters. The number of nitrogens with one attached hydrogen (secondary N) is 3. The van der Waals surface area contributed by atoms with E-state index >= 15 is 0 Å². The largest absolute Gasteiger partial charge is 0.381 e. The van der Waals surface area contributed by atoms with Crippen molar-refractivity contribution in [3.8, 4) is 0 Å². The van der Waals surface area contributed by atoms with Gasteiger partial charge in [-0.15, -0.1) is 24.0 Å². The van der Waals surface area contributed by atoms with Crippen molar-refractivity contribution < 1.29 is 14.3 Å². The Bertz CT molecular complexity index is 393. The minimum absolute atomic E-state index is 0. The summed E-state index contributed by atoms with van der Waals surface area (Å²) in [6.45, 7) is 7.61. The van der Waals surface area contributed by atoms with E-state index in [-0.39, 0.29) is 35.9 Å². The Hall–Kier alpha value is -0.610. The number of piperidine rings is 1. The van der Waals surface area contributed by atoms with E-state index in [1.807, 2.05) is 0 Å². The number of carbonyl (C=O) groups excluding carboxylic acids is 1. The maximum atomic E-state index is 11.2. The van der Waals surface area contributed by atoms with Gasteiger partial charge in [0.1, 0.15) is 0 Å². The summed E-state index contributed by atoms with van der Waals surface area (Å²) in [4.78, 5) is 15.8. The molecule has 2 rings (SSSR count). The molecule has 3 N–H and O–H groups in total. The summed E-state index contributed by atoms with van der Waals surface area (Å²) in [5, 5.41) is 9.53. The van der Waals surface area contributed by atoms with E-state index in [0.717, 1.165) is 71.2 Å². The van der Waals surface area contributed by atoms with Crippen LogP contribution in [0.15, 0.2) is 4.99 Å². The van der Waals surface area contributed by atoms with Crippen molar-refractivity contribution in [2.75, 3.05) is 46.1 Å². The Morgan fingerprint density at radius 3 is 2.84 bits per heavy atom. The highest BCUT2D eigenvalue weighted by Gasteiger charge is 2.18. The maximum Gasteiger partial charge on any atom is 0.220 e. The number of hydrogen-bond donors (Lipinski definition) is 3. The molecule has 0 aromatic carbocycles. The fraction of sp³-hybridized carbons (Fsp3) is 0.882. The SMILES string of the molecule is CCNC(=NCCCOCC1CCOCC1)NC1CCC(=O)NC1.I. The summed E-state index contributed by atoms with van der Waals surface area (Å²) in [5.74, 6) is 1.61. The lowest BCUT2D eigenvalue weighted by Gasteiger charge is -2.25. The van der Waals surface area contributed by atoms with E-state index in [0.29, 0.717) is 18.9 Å². The van der Waals surface area contributed by atoms with Gasteiger partial charge in [-0.2, -0.15) is 0 Å². The zero-order valence-corrected chi connectivity index (χ0v) is 17.6. The summed E-state index contributed by atoms with van der Waals surface area (Å²) < 4.78 is 11.1. The number of rotatable bonds is 8. The highest BCUT2D eigenvalue weighted by atomic mass is 127. The molecule has 1 unspecified atom stereocenters. The van der Waals surface area contributed by atoms with Crippen LogP contribution < -0.4 is 16.0 Å². The number of nitrogens with zero attached hydrogens (tertiary/aromatic N) is 1. The maximum absolute atomic E-state index is 11.2. The minimum atomic E-state index is 0. The molecular weight excluding hydrogens is 435 g/mol. The highest BCUT2D eigenvalue weighted by Crippen LogP contribution is 2.14. The second-order valence-corrected chi connectivity index (χ2v) is 6.43. The molecule has 0 aromatic heterocycles. The first-order valence-corrected chi connectivity index (χ1v) is 9.25. The summed E-state index contributed by atoms with van der Waals surface area (Å²) in [6.07, 6.45) is 4.58. The first-order chi connectivity index (χ1) is 11.8. The molecule has 0 saturated carbocycles. The third-order valence-electron chi connectivity index (χ3n) is 4.36. The van der Waals surface area contributed by atoms with Crippen LogP contribution in [-0.2, 0) is 14.3 Å². The quantitative estimate of drug-likeness (QED) is 0.216. The van der Waals surface area contributed by atoms with Crippen LogP contribution in [-0.4, -0.2) is 64.0 Å². The van der Waals surface area contributed by atoms with Crippen LogP contribution in [0, 0.1) is 5.92 Å². The van der Waals surface area contributed by atoms with Crippen LogP contribution in [0.25, 0.3) is 0 Å². The number of aliphatic imine (C=N–C) groups is 1. The number of halogens is 1. The van der Waals surface area contributed by atoms with Crippen molar-refractivity contribution in [2.24, 2.45) is 10.9 Å². The Morgan fingerprint density at radius 2 is 2.16 bits per heavy atom. The van der Waals surface area contributed by atoms with Crippen LogP contribution in [0.1, 0.15) is 39.0 Å². The average molecular weight is 468 g/mol. The summed E-state index contributed by atoms with van der Waals surface area (Å²) in [7, 11) is 0. The second kappa shape index (κ2) is 13.6. The van der Waals surface area contributed by atoms with E-state index in [9.17, 15) is 4.79 Å². The monoisotopic (exact) mass is 468 g/mol. The topological polar surface area (TPSA) is 84.0 Å². The van der Waals surface area contributed by atoms with Crippen molar-refractivity contribution in [1.29, 1.82) is 0 Å². The molecule has 2 heterocycles. The standard InChI is InChI=1S/C17H32N4O3.HI/c1-2-18-17(21-15-4-5-16(22)20-12-15)19-8-3-9-24-13-14-6-10-23-11-7-14;/h14-15H,2-13H2,1H3,(H,20,22)(H2,18,19,21);1H. The lowest BCUT2D eigenvalue weighted by molar-refractivity contribution is -0.122. The first kappa shape index (κ1) is 22.4. The molecule has 2 aliphatic rings. The van der Waals surface area contributed by atoms with Gasteiger partial charge in [0, 0.05) is 58.5 Å². The Balaban J connectivity index is 0.00000312. The second-order valence-electron chi connectivity index (χ2n) is 6.43. The lowest BCUT2D eigenvalue weighted by Crippen LogP contribution is -2.51. The first-order valence-electron chi connectivity index (χ1n) is 9.25. The number of guanidine groups is 1. The van der Waals surface area contributed by atoms with Gasteiger partial charge in [-0.3, -0.25) is 9.79 Å². The molecule has 0 spiro atoms. The van der Waals surface area contributed by atoms with Gasteiger partial charge in [0.25, 0.3) is 0 Å². The van der Waals surface area contributed by atoms with Crippen molar-refractivity contribution in [3.05, 3.63) is 0 Å². The fourth-order valence-corrected chi connectivity index (χ4v) is 2.89. The Morgan fingerprint density at radius 1 is 1.36 bits per heavy atom. The summed E-state index contributed by atoms with van der Waals surface area (Å²) in [6, 6.07) is 0.255. The molecule has 7 nitrogen and oxygen atoms in total. The van der Waals surface area contributed by atoms with Crippen molar-refractivity contribution in [3.63, 3.8) is 0 Å². The normalized spacial score (nSPS) is 22.0. The van der Waals surface area contributed by atoms with Gasteiger partial charge in [-0.05, 0) is 38.5 Å². The molecule has 8 heteroatoms. The van der Waals surface area contributed by atoms with Gasteiger partial charge >= 0.3 is 0 Å².